The van der Waals surface area contributed by atoms with Crippen molar-refractivity contribution < 1.29 is 9.53 Å². The van der Waals surface area contributed by atoms with Gasteiger partial charge in [0.25, 0.3) is 0 Å². The number of benzene rings is 1. The first-order chi connectivity index (χ1) is 18.4. The topological polar surface area (TPSA) is 133 Å². The lowest BCUT2D eigenvalue weighted by Crippen LogP contribution is -2.50. The molecule has 0 aliphatic carbocycles. The summed E-state index contributed by atoms with van der Waals surface area (Å²) in [6, 6.07) is 5.58. The number of piperidine rings is 1. The molecule has 1 amide bonds. The maximum atomic E-state index is 12.1. The number of nitrogens with two attached hydrogens (primary N) is 1. The maximum absolute atomic E-state index is 12.1. The highest BCUT2D eigenvalue weighted by Crippen LogP contribution is 2.43. The van der Waals surface area contributed by atoms with Gasteiger partial charge in [0.05, 0.1) is 43.4 Å². The molecule has 1 aromatic carbocycles. The molecule has 2 atom stereocenters. The van der Waals surface area contributed by atoms with Gasteiger partial charge in [-0.05, 0) is 31.9 Å². The summed E-state index contributed by atoms with van der Waals surface area (Å²) in [5, 5.41) is 10.3. The number of nitrogens with zero attached hydrogens (tertiary/aromatic N) is 7. The zero-order valence-corrected chi connectivity index (χ0v) is 21.6. The molecule has 38 heavy (non-hydrogen) atoms. The van der Waals surface area contributed by atoms with Crippen LogP contribution >= 0.6 is 0 Å². The van der Waals surface area contributed by atoms with Gasteiger partial charge in [0, 0.05) is 44.7 Å². The zero-order chi connectivity index (χ0) is 26.4. The van der Waals surface area contributed by atoms with Crippen LogP contribution in [-0.2, 0) is 9.53 Å². The van der Waals surface area contributed by atoms with Crippen LogP contribution in [0, 0.1) is 12.0 Å². The Labute approximate surface area is 221 Å². The number of ether oxygens (including phenoxy) is 1. The largest absolute Gasteiger partial charge is 0.376 e. The minimum absolute atomic E-state index is 0.0506. The van der Waals surface area contributed by atoms with E-state index in [0.717, 1.165) is 49.7 Å². The molecule has 4 N–H and O–H groups in total. The summed E-state index contributed by atoms with van der Waals surface area (Å²) >= 11 is 0. The number of amides is 1. The molecule has 3 aliphatic heterocycles. The molecule has 0 saturated carbocycles. The van der Waals surface area contributed by atoms with E-state index in [-0.39, 0.29) is 30.0 Å². The van der Waals surface area contributed by atoms with Crippen molar-refractivity contribution in [2.45, 2.75) is 31.9 Å². The minimum Gasteiger partial charge on any atom is -0.376 e. The molecule has 12 heteroatoms. The molecule has 6 rings (SSSR count). The maximum Gasteiger partial charge on any atom is 0.239 e. The van der Waals surface area contributed by atoms with E-state index < -0.39 is 0 Å². The third-order valence-corrected chi connectivity index (χ3v) is 8.35. The summed E-state index contributed by atoms with van der Waals surface area (Å²) in [5.41, 5.74) is 10.1. The Bertz CT molecular complexity index is 1410. The van der Waals surface area contributed by atoms with Crippen LogP contribution in [0.2, 0.25) is 0 Å². The summed E-state index contributed by atoms with van der Waals surface area (Å²) in [6.07, 6.45) is 3.86. The van der Waals surface area contributed by atoms with Crippen molar-refractivity contribution in [3.63, 3.8) is 0 Å². The molecule has 12 nitrogen and oxygen atoms in total. The third-order valence-electron chi connectivity index (χ3n) is 8.35. The lowest BCUT2D eigenvalue weighted by atomic mass is 9.73. The van der Waals surface area contributed by atoms with Crippen molar-refractivity contribution in [1.29, 1.82) is 0 Å². The fourth-order valence-electron chi connectivity index (χ4n) is 5.94. The number of aromatic amines is 1. The van der Waals surface area contributed by atoms with E-state index in [1.54, 1.807) is 13.1 Å². The first-order valence-corrected chi connectivity index (χ1v) is 13.0. The van der Waals surface area contributed by atoms with Gasteiger partial charge in [-0.2, -0.15) is 5.10 Å². The Balaban J connectivity index is 1.26. The van der Waals surface area contributed by atoms with Gasteiger partial charge in [-0.25, -0.2) is 14.8 Å². The number of carbonyl (C=O) groups is 1. The lowest BCUT2D eigenvalue weighted by molar-refractivity contribution is -0.119. The molecule has 1 spiro atoms. The molecule has 0 unspecified atom stereocenters. The number of aromatic nitrogens is 4. The molecule has 5 heterocycles. The molecule has 2 aromatic heterocycles. The van der Waals surface area contributed by atoms with Gasteiger partial charge in [-0.3, -0.25) is 9.89 Å². The van der Waals surface area contributed by atoms with Crippen molar-refractivity contribution in [3.05, 3.63) is 35.8 Å². The second-order valence-electron chi connectivity index (χ2n) is 10.4. The van der Waals surface area contributed by atoms with Gasteiger partial charge in [0.15, 0.2) is 22.7 Å². The van der Waals surface area contributed by atoms with Gasteiger partial charge in [0.1, 0.15) is 5.82 Å². The highest BCUT2D eigenvalue weighted by molar-refractivity contribution is 5.92. The van der Waals surface area contributed by atoms with Crippen LogP contribution < -0.4 is 25.8 Å². The Morgan fingerprint density at radius 3 is 2.82 bits per heavy atom. The molecule has 3 aliphatic rings. The van der Waals surface area contributed by atoms with Crippen LogP contribution in [0.15, 0.2) is 24.4 Å². The van der Waals surface area contributed by atoms with E-state index in [2.05, 4.69) is 37.1 Å². The smallest absolute Gasteiger partial charge is 0.239 e. The Morgan fingerprint density at radius 2 is 2.11 bits per heavy atom. The highest BCUT2D eigenvalue weighted by atomic mass is 16.5. The summed E-state index contributed by atoms with van der Waals surface area (Å²) in [5.74, 6) is 1.42. The van der Waals surface area contributed by atoms with Crippen LogP contribution in [0.4, 0.5) is 28.7 Å². The molecule has 0 bridgehead atoms. The third kappa shape index (κ3) is 3.99. The second-order valence-corrected chi connectivity index (χ2v) is 10.4. The van der Waals surface area contributed by atoms with Crippen molar-refractivity contribution in [2.24, 2.45) is 11.1 Å². The number of likely N-dealkylation sites (N-methyl/N-ethyl adjacent to an activating group) is 1. The summed E-state index contributed by atoms with van der Waals surface area (Å²) < 4.78 is 5.86. The van der Waals surface area contributed by atoms with E-state index in [4.69, 9.17) is 27.0 Å². The van der Waals surface area contributed by atoms with Gasteiger partial charge in [-0.1, -0.05) is 6.07 Å². The predicted molar refractivity (Wildman–Crippen MR) is 145 cm³/mol. The second kappa shape index (κ2) is 9.41. The van der Waals surface area contributed by atoms with E-state index >= 15 is 0 Å². The molecule has 2 fully saturated rings. The normalized spacial score (nSPS) is 22.5. The molecular weight excluding hydrogens is 484 g/mol. The lowest BCUT2D eigenvalue weighted by Gasteiger charge is -2.41. The Kier molecular flexibility index (Phi) is 6.04. The summed E-state index contributed by atoms with van der Waals surface area (Å²) in [7, 11) is 1.62. The molecule has 0 radical (unpaired) electrons. The van der Waals surface area contributed by atoms with Crippen molar-refractivity contribution in [3.8, 4) is 0 Å². The standard InChI is InChI=1S/C26H32N10O2/c1-16-23(27)26(15-38-16)6-8-34(9-7-26)20-13-30-22-24(31-20)32-33-25(22)36-11-10-35(14-21(37)29-3)19-12-17(28-2)4-5-18(19)36/h4-5,12-13,16,23H,6-11,14-15,27H2,1,3H3,(H,29,37)(H,31,32,33)/t16-,23+/m0/s1. The number of nitrogens with one attached hydrogen (secondary N) is 2. The van der Waals surface area contributed by atoms with Crippen LogP contribution in [0.1, 0.15) is 19.8 Å². The van der Waals surface area contributed by atoms with E-state index in [9.17, 15) is 4.79 Å². The van der Waals surface area contributed by atoms with Gasteiger partial charge >= 0.3 is 0 Å². The number of fused-ring (bicyclic) bond motifs is 2. The van der Waals surface area contributed by atoms with Crippen molar-refractivity contribution in [1.82, 2.24) is 25.5 Å². The minimum atomic E-state index is -0.0817. The average molecular weight is 517 g/mol. The molecular formula is C26H32N10O2. The van der Waals surface area contributed by atoms with Crippen LogP contribution in [0.5, 0.6) is 0 Å². The number of carbonyl (C=O) groups excluding carboxylic acids is 1. The number of anilines is 4. The van der Waals surface area contributed by atoms with Crippen LogP contribution in [0.3, 0.4) is 0 Å². The SMILES string of the molecule is [C-]#[N+]c1ccc2c(c1)N(CC(=O)NC)CCN2c1n[nH]c2nc(N3CCC4(CC3)CO[C@@H](C)[C@H]4N)cnc12. The van der Waals surface area contributed by atoms with E-state index in [1.807, 2.05) is 23.2 Å². The van der Waals surface area contributed by atoms with Crippen LogP contribution in [-0.4, -0.2) is 84.6 Å². The fraction of sp³-hybridized carbons (Fsp3) is 0.500. The predicted octanol–water partition coefficient (Wildman–Crippen LogP) is 1.94. The summed E-state index contributed by atoms with van der Waals surface area (Å²) in [6.45, 7) is 13.4. The summed E-state index contributed by atoms with van der Waals surface area (Å²) in [4.78, 5) is 31.7. The van der Waals surface area contributed by atoms with Crippen LogP contribution in [0.25, 0.3) is 16.0 Å². The molecule has 3 aromatic rings. The number of hydrogen-bond donors (Lipinski definition) is 3. The number of rotatable bonds is 4. The first kappa shape index (κ1) is 24.4. The quantitative estimate of drug-likeness (QED) is 0.445. The monoisotopic (exact) mass is 516 g/mol. The van der Waals surface area contributed by atoms with E-state index in [0.29, 0.717) is 35.8 Å². The van der Waals surface area contributed by atoms with Gasteiger partial charge in [-0.15, -0.1) is 0 Å². The number of hydrogen-bond acceptors (Lipinski definition) is 9. The van der Waals surface area contributed by atoms with Crippen molar-refractivity contribution >= 4 is 45.8 Å². The number of H-pyrrole nitrogens is 1. The van der Waals surface area contributed by atoms with Crippen molar-refractivity contribution in [2.75, 3.05) is 61.1 Å². The van der Waals surface area contributed by atoms with Gasteiger partial charge in [0.2, 0.25) is 5.91 Å². The first-order valence-electron chi connectivity index (χ1n) is 13.0. The van der Waals surface area contributed by atoms with Gasteiger partial charge < -0.3 is 30.5 Å². The Morgan fingerprint density at radius 1 is 1.29 bits per heavy atom. The highest BCUT2D eigenvalue weighted by Gasteiger charge is 2.47. The average Bonchev–Trinajstić information content (AvgIpc) is 3.49. The zero-order valence-electron chi connectivity index (χ0n) is 21.6. The van der Waals surface area contributed by atoms with E-state index in [1.165, 1.54) is 0 Å². The fourth-order valence-corrected chi connectivity index (χ4v) is 5.94. The molecule has 2 saturated heterocycles. The molecule has 198 valence electrons. The Hall–Kier alpha value is -3.95.